The zero-order valence-electron chi connectivity index (χ0n) is 21.6. The second kappa shape index (κ2) is 15.1. The Bertz CT molecular complexity index is 993. The number of amides is 3. The standard InChI is InChI=1S/C25H36ClFN6O5/c1-15(2)21(32-25(37)38-14-16-7-9-17(26)10-8-16)23(36)33-12-4-6-19(33)22(35)31-18(20(34)13-27)5-3-11-30-24(28)29/h7-10,15,18-19,21H,3-6,11-14H2,1-2H3,(H,31,35)(H,32,37)(H4,28,29,30)/t18-,19-,21?/m0/s1. The Hall–Kier alpha value is -3.41. The van der Waals surface area contributed by atoms with Crippen LogP contribution in [0.15, 0.2) is 24.3 Å². The first-order valence-electron chi connectivity index (χ1n) is 12.5. The van der Waals surface area contributed by atoms with Crippen LogP contribution in [0.5, 0.6) is 0 Å². The molecular weight excluding hydrogens is 519 g/mol. The first-order valence-corrected chi connectivity index (χ1v) is 12.9. The molecule has 1 aromatic carbocycles. The van der Waals surface area contributed by atoms with Crippen molar-refractivity contribution in [2.24, 2.45) is 11.7 Å². The number of guanidine groups is 1. The molecule has 0 radical (unpaired) electrons. The zero-order valence-corrected chi connectivity index (χ0v) is 22.4. The molecule has 1 unspecified atom stereocenters. The lowest BCUT2D eigenvalue weighted by atomic mass is 10.0. The lowest BCUT2D eigenvalue weighted by molar-refractivity contribution is -0.141. The summed E-state index contributed by atoms with van der Waals surface area (Å²) in [6.45, 7) is 2.85. The number of hydrogen-bond donors (Lipinski definition) is 5. The van der Waals surface area contributed by atoms with Gasteiger partial charge in [0.25, 0.3) is 0 Å². The number of nitrogens with one attached hydrogen (secondary N) is 4. The number of ether oxygens (including phenoxy) is 1. The maximum absolute atomic E-state index is 13.4. The molecule has 1 aromatic rings. The third-order valence-electron chi connectivity index (χ3n) is 6.15. The van der Waals surface area contributed by atoms with E-state index in [4.69, 9.17) is 27.5 Å². The minimum atomic E-state index is -1.24. The van der Waals surface area contributed by atoms with Crippen LogP contribution in [0.1, 0.15) is 45.1 Å². The van der Waals surface area contributed by atoms with Gasteiger partial charge in [0.2, 0.25) is 11.8 Å². The average molecular weight is 555 g/mol. The van der Waals surface area contributed by atoms with Crippen molar-refractivity contribution in [3.05, 3.63) is 34.9 Å². The summed E-state index contributed by atoms with van der Waals surface area (Å²) < 4.78 is 18.4. The average Bonchev–Trinajstić information content (AvgIpc) is 3.37. The molecule has 0 spiro atoms. The van der Waals surface area contributed by atoms with Crippen LogP contribution in [0, 0.1) is 11.3 Å². The van der Waals surface area contributed by atoms with Gasteiger partial charge in [0.05, 0.1) is 6.04 Å². The van der Waals surface area contributed by atoms with E-state index in [0.29, 0.717) is 30.8 Å². The number of alkyl halides is 1. The van der Waals surface area contributed by atoms with Crippen LogP contribution in [0.25, 0.3) is 0 Å². The highest BCUT2D eigenvalue weighted by Crippen LogP contribution is 2.21. The second-order valence-electron chi connectivity index (χ2n) is 9.40. The largest absolute Gasteiger partial charge is 0.445 e. The summed E-state index contributed by atoms with van der Waals surface area (Å²) in [6.07, 6.45) is 0.651. The molecular formula is C25H36ClFN6O5. The van der Waals surface area contributed by atoms with Crippen LogP contribution in [0.3, 0.4) is 0 Å². The van der Waals surface area contributed by atoms with Gasteiger partial charge in [-0.25, -0.2) is 9.18 Å². The van der Waals surface area contributed by atoms with Gasteiger partial charge in [0, 0.05) is 18.1 Å². The van der Waals surface area contributed by atoms with Crippen LogP contribution in [0.4, 0.5) is 9.18 Å². The molecule has 2 rings (SSSR count). The van der Waals surface area contributed by atoms with Gasteiger partial charge in [-0.05, 0) is 49.3 Å². The van der Waals surface area contributed by atoms with E-state index < -0.39 is 48.5 Å². The fourth-order valence-corrected chi connectivity index (χ4v) is 4.22. The van der Waals surface area contributed by atoms with Crippen molar-refractivity contribution in [3.63, 3.8) is 0 Å². The molecule has 1 heterocycles. The smallest absolute Gasteiger partial charge is 0.408 e. The van der Waals surface area contributed by atoms with Gasteiger partial charge in [0.1, 0.15) is 25.4 Å². The predicted molar refractivity (Wildman–Crippen MR) is 140 cm³/mol. The molecule has 0 bridgehead atoms. The normalized spacial score (nSPS) is 16.4. The Morgan fingerprint density at radius 1 is 1.21 bits per heavy atom. The summed E-state index contributed by atoms with van der Waals surface area (Å²) in [5.41, 5.74) is 5.95. The summed E-state index contributed by atoms with van der Waals surface area (Å²) in [5, 5.41) is 15.5. The molecule has 0 aromatic heterocycles. The number of carbonyl (C=O) groups is 4. The number of ketones is 1. The van der Waals surface area contributed by atoms with Crippen LogP contribution in [0.2, 0.25) is 5.02 Å². The molecule has 11 nitrogen and oxygen atoms in total. The Morgan fingerprint density at radius 2 is 1.89 bits per heavy atom. The first kappa shape index (κ1) is 30.8. The van der Waals surface area contributed by atoms with Gasteiger partial charge in [-0.3, -0.25) is 19.8 Å². The summed E-state index contributed by atoms with van der Waals surface area (Å²) >= 11 is 5.86. The molecule has 1 fully saturated rings. The van der Waals surface area contributed by atoms with Crippen molar-refractivity contribution in [1.29, 1.82) is 5.41 Å². The maximum atomic E-state index is 13.4. The highest BCUT2D eigenvalue weighted by Gasteiger charge is 2.39. The second-order valence-corrected chi connectivity index (χ2v) is 9.84. The number of carbonyl (C=O) groups excluding carboxylic acids is 4. The Labute approximate surface area is 226 Å². The van der Waals surface area contributed by atoms with Crippen LogP contribution < -0.4 is 21.7 Å². The van der Waals surface area contributed by atoms with Crippen LogP contribution in [-0.4, -0.2) is 72.4 Å². The number of hydrogen-bond acceptors (Lipinski definition) is 6. The van der Waals surface area contributed by atoms with E-state index in [1.807, 2.05) is 0 Å². The number of alkyl carbamates (subject to hydrolysis) is 1. The van der Waals surface area contributed by atoms with Crippen molar-refractivity contribution < 1.29 is 28.3 Å². The Balaban J connectivity index is 2.00. The molecule has 3 amide bonds. The minimum absolute atomic E-state index is 0.0112. The van der Waals surface area contributed by atoms with Gasteiger partial charge in [-0.15, -0.1) is 0 Å². The number of benzene rings is 1. The lowest BCUT2D eigenvalue weighted by Crippen LogP contribution is -2.56. The number of Topliss-reactive ketones (excluding diaryl/α,β-unsaturated/α-hetero) is 1. The molecule has 38 heavy (non-hydrogen) atoms. The minimum Gasteiger partial charge on any atom is -0.445 e. The summed E-state index contributed by atoms with van der Waals surface area (Å²) in [4.78, 5) is 52.4. The number of likely N-dealkylation sites (tertiary alicyclic amines) is 1. The molecule has 1 saturated heterocycles. The quantitative estimate of drug-likeness (QED) is 0.141. The molecule has 1 aliphatic heterocycles. The lowest BCUT2D eigenvalue weighted by Gasteiger charge is -2.31. The van der Waals surface area contributed by atoms with Gasteiger partial charge < -0.3 is 31.3 Å². The highest BCUT2D eigenvalue weighted by molar-refractivity contribution is 6.30. The molecule has 0 aliphatic carbocycles. The SMILES string of the molecule is CC(C)C(NC(=O)OCc1ccc(Cl)cc1)C(=O)N1CCC[C@H]1C(=O)N[C@@H](CCCNC(=N)N)C(=O)CF. The number of nitrogens with zero attached hydrogens (tertiary/aromatic N) is 1. The monoisotopic (exact) mass is 554 g/mol. The molecule has 1 aliphatic rings. The third-order valence-corrected chi connectivity index (χ3v) is 6.40. The van der Waals surface area contributed by atoms with E-state index in [2.05, 4.69) is 16.0 Å². The van der Waals surface area contributed by atoms with Crippen molar-refractivity contribution in [3.8, 4) is 0 Å². The van der Waals surface area contributed by atoms with Crippen molar-refractivity contribution in [1.82, 2.24) is 20.9 Å². The topological polar surface area (TPSA) is 167 Å². The zero-order chi connectivity index (χ0) is 28.2. The third kappa shape index (κ3) is 9.47. The Morgan fingerprint density at radius 3 is 2.50 bits per heavy atom. The molecule has 13 heteroatoms. The van der Waals surface area contributed by atoms with Crippen molar-refractivity contribution in [2.75, 3.05) is 19.8 Å². The number of halogens is 2. The first-order chi connectivity index (χ1) is 18.0. The van der Waals surface area contributed by atoms with Crippen molar-refractivity contribution >= 4 is 41.3 Å². The van der Waals surface area contributed by atoms with E-state index in [1.54, 1.807) is 38.1 Å². The molecule has 3 atom stereocenters. The summed E-state index contributed by atoms with van der Waals surface area (Å²) in [7, 11) is 0. The van der Waals surface area contributed by atoms with Gasteiger partial charge in [-0.2, -0.15) is 0 Å². The van der Waals surface area contributed by atoms with Gasteiger partial charge in [-0.1, -0.05) is 37.6 Å². The Kier molecular flexibility index (Phi) is 12.3. The predicted octanol–water partition coefficient (Wildman–Crippen LogP) is 1.87. The van der Waals surface area contributed by atoms with E-state index in [-0.39, 0.29) is 31.4 Å². The summed E-state index contributed by atoms with van der Waals surface area (Å²) in [5.74, 6) is -2.31. The molecule has 6 N–H and O–H groups in total. The van der Waals surface area contributed by atoms with E-state index in [9.17, 15) is 23.6 Å². The highest BCUT2D eigenvalue weighted by atomic mass is 35.5. The van der Waals surface area contributed by atoms with Crippen molar-refractivity contribution in [2.45, 2.75) is 64.3 Å². The van der Waals surface area contributed by atoms with Gasteiger partial charge in [0.15, 0.2) is 11.7 Å². The maximum Gasteiger partial charge on any atom is 0.408 e. The summed E-state index contributed by atoms with van der Waals surface area (Å²) in [6, 6.07) is 3.91. The molecule has 210 valence electrons. The molecule has 0 saturated carbocycles. The number of rotatable bonds is 13. The van der Waals surface area contributed by atoms with E-state index in [0.717, 1.165) is 5.56 Å². The number of nitrogens with two attached hydrogens (primary N) is 1. The van der Waals surface area contributed by atoms with Crippen LogP contribution in [-0.2, 0) is 25.7 Å². The van der Waals surface area contributed by atoms with E-state index >= 15 is 0 Å². The van der Waals surface area contributed by atoms with Gasteiger partial charge >= 0.3 is 6.09 Å². The fourth-order valence-electron chi connectivity index (χ4n) is 4.10. The van der Waals surface area contributed by atoms with Crippen LogP contribution >= 0.6 is 11.6 Å². The van der Waals surface area contributed by atoms with E-state index in [1.165, 1.54) is 4.90 Å². The fraction of sp³-hybridized carbons (Fsp3) is 0.560.